The molecule has 5 rings (SSSR count). The van der Waals surface area contributed by atoms with Crippen molar-refractivity contribution in [2.45, 2.75) is 19.4 Å². The molecule has 1 aliphatic carbocycles. The molecule has 0 unspecified atom stereocenters. The standard InChI is InChI=1S/C23H20N4OS/c28-23(16-8-9-16)25-18-5-3-4-15(12-18)13-24-22-19-6-1-2-7-20(19)26-21(27-22)17-10-11-29-14-17/h1-7,10-12,14,16H,8-9,13H2,(H,25,28)(H,24,26,27). The van der Waals surface area contributed by atoms with Crippen molar-refractivity contribution in [2.75, 3.05) is 10.6 Å². The molecule has 0 spiro atoms. The summed E-state index contributed by atoms with van der Waals surface area (Å²) in [6.07, 6.45) is 2.00. The Morgan fingerprint density at radius 3 is 2.79 bits per heavy atom. The Morgan fingerprint density at radius 1 is 1.07 bits per heavy atom. The average Bonchev–Trinajstić information content (AvgIpc) is 3.46. The molecule has 0 bridgehead atoms. The number of aromatic nitrogens is 2. The predicted molar refractivity (Wildman–Crippen MR) is 118 cm³/mol. The highest BCUT2D eigenvalue weighted by molar-refractivity contribution is 7.08. The number of fused-ring (bicyclic) bond motifs is 1. The van der Waals surface area contributed by atoms with Crippen LogP contribution in [0.5, 0.6) is 0 Å². The van der Waals surface area contributed by atoms with Gasteiger partial charge in [-0.3, -0.25) is 4.79 Å². The van der Waals surface area contributed by atoms with Crippen LogP contribution in [0, 0.1) is 5.92 Å². The number of nitrogens with zero attached hydrogens (tertiary/aromatic N) is 2. The molecule has 1 amide bonds. The van der Waals surface area contributed by atoms with Crippen LogP contribution >= 0.6 is 11.3 Å². The monoisotopic (exact) mass is 400 g/mol. The second-order valence-corrected chi connectivity index (χ2v) is 8.02. The highest BCUT2D eigenvalue weighted by Gasteiger charge is 2.29. The molecule has 0 aliphatic heterocycles. The molecular formula is C23H20N4OS. The second-order valence-electron chi connectivity index (χ2n) is 7.24. The number of carbonyl (C=O) groups excluding carboxylic acids is 1. The Bertz CT molecular complexity index is 1170. The molecular weight excluding hydrogens is 380 g/mol. The summed E-state index contributed by atoms with van der Waals surface area (Å²) < 4.78 is 0. The summed E-state index contributed by atoms with van der Waals surface area (Å²) in [5, 5.41) is 11.5. The van der Waals surface area contributed by atoms with Crippen LogP contribution in [0.1, 0.15) is 18.4 Å². The molecule has 29 heavy (non-hydrogen) atoms. The van der Waals surface area contributed by atoms with Crippen molar-refractivity contribution in [3.63, 3.8) is 0 Å². The number of rotatable bonds is 6. The first kappa shape index (κ1) is 17.8. The minimum atomic E-state index is 0.123. The van der Waals surface area contributed by atoms with Crippen LogP contribution in [-0.2, 0) is 11.3 Å². The van der Waals surface area contributed by atoms with Crippen molar-refractivity contribution in [2.24, 2.45) is 5.92 Å². The van der Waals surface area contributed by atoms with E-state index in [2.05, 4.69) is 16.0 Å². The molecule has 2 aromatic carbocycles. The molecule has 4 aromatic rings. The maximum absolute atomic E-state index is 12.0. The number of thiophene rings is 1. The minimum absolute atomic E-state index is 0.123. The molecule has 144 valence electrons. The third-order valence-electron chi connectivity index (χ3n) is 4.99. The Hall–Kier alpha value is -3.25. The first-order valence-corrected chi connectivity index (χ1v) is 10.6. The molecule has 2 heterocycles. The molecule has 1 saturated carbocycles. The summed E-state index contributed by atoms with van der Waals surface area (Å²) in [5.74, 6) is 1.85. The lowest BCUT2D eigenvalue weighted by molar-refractivity contribution is -0.117. The van der Waals surface area contributed by atoms with E-state index < -0.39 is 0 Å². The van der Waals surface area contributed by atoms with Crippen molar-refractivity contribution in [1.82, 2.24) is 9.97 Å². The van der Waals surface area contributed by atoms with Gasteiger partial charge in [0.05, 0.1) is 5.52 Å². The second kappa shape index (κ2) is 7.64. The Balaban J connectivity index is 1.39. The van der Waals surface area contributed by atoms with Crippen LogP contribution in [0.15, 0.2) is 65.4 Å². The molecule has 1 aliphatic rings. The van der Waals surface area contributed by atoms with E-state index in [9.17, 15) is 4.79 Å². The zero-order chi connectivity index (χ0) is 19.6. The van der Waals surface area contributed by atoms with Gasteiger partial charge in [0.15, 0.2) is 5.82 Å². The quantitative estimate of drug-likeness (QED) is 0.460. The molecule has 0 atom stereocenters. The van der Waals surface area contributed by atoms with Crippen LogP contribution in [0.25, 0.3) is 22.3 Å². The highest BCUT2D eigenvalue weighted by atomic mass is 32.1. The summed E-state index contributed by atoms with van der Waals surface area (Å²) in [5.41, 5.74) is 3.86. The van der Waals surface area contributed by atoms with E-state index in [0.717, 1.165) is 52.2 Å². The Morgan fingerprint density at radius 2 is 1.97 bits per heavy atom. The Kier molecular flexibility index (Phi) is 4.69. The van der Waals surface area contributed by atoms with E-state index in [1.165, 1.54) is 0 Å². The molecule has 0 saturated heterocycles. The van der Waals surface area contributed by atoms with Crippen molar-refractivity contribution in [3.8, 4) is 11.4 Å². The summed E-state index contributed by atoms with van der Waals surface area (Å²) >= 11 is 1.63. The fourth-order valence-corrected chi connectivity index (χ4v) is 3.90. The maximum atomic E-state index is 12.0. The zero-order valence-electron chi connectivity index (χ0n) is 15.8. The lowest BCUT2D eigenvalue weighted by atomic mass is 10.1. The lowest BCUT2D eigenvalue weighted by Crippen LogP contribution is -2.13. The average molecular weight is 401 g/mol. The summed E-state index contributed by atoms with van der Waals surface area (Å²) in [6, 6.07) is 18.0. The van der Waals surface area contributed by atoms with Gasteiger partial charge in [-0.05, 0) is 54.1 Å². The fourth-order valence-electron chi connectivity index (χ4n) is 3.27. The minimum Gasteiger partial charge on any atom is -0.365 e. The Labute approximate surface area is 172 Å². The number of hydrogen-bond donors (Lipinski definition) is 2. The number of hydrogen-bond acceptors (Lipinski definition) is 5. The first-order valence-electron chi connectivity index (χ1n) is 9.69. The summed E-state index contributed by atoms with van der Waals surface area (Å²) in [6.45, 7) is 0.608. The molecule has 2 aromatic heterocycles. The SMILES string of the molecule is O=C(Nc1cccc(CNc2nc(-c3ccsc3)nc3ccccc23)c1)C1CC1. The van der Waals surface area contributed by atoms with Crippen LogP contribution in [0.3, 0.4) is 0 Å². The van der Waals surface area contributed by atoms with E-state index in [1.807, 2.05) is 60.0 Å². The van der Waals surface area contributed by atoms with Gasteiger partial charge in [-0.2, -0.15) is 11.3 Å². The molecule has 1 fully saturated rings. The van der Waals surface area contributed by atoms with Crippen LogP contribution in [0.4, 0.5) is 11.5 Å². The first-order chi connectivity index (χ1) is 14.3. The molecule has 2 N–H and O–H groups in total. The van der Waals surface area contributed by atoms with Gasteiger partial charge in [0.25, 0.3) is 0 Å². The van der Waals surface area contributed by atoms with Crippen LogP contribution in [-0.4, -0.2) is 15.9 Å². The zero-order valence-corrected chi connectivity index (χ0v) is 16.6. The molecule has 5 nitrogen and oxygen atoms in total. The van der Waals surface area contributed by atoms with Gasteiger partial charge in [0.1, 0.15) is 5.82 Å². The van der Waals surface area contributed by atoms with Crippen molar-refractivity contribution in [3.05, 3.63) is 70.9 Å². The van der Waals surface area contributed by atoms with Crippen molar-refractivity contribution in [1.29, 1.82) is 0 Å². The van der Waals surface area contributed by atoms with Gasteiger partial charge >= 0.3 is 0 Å². The van der Waals surface area contributed by atoms with E-state index >= 15 is 0 Å². The lowest BCUT2D eigenvalue weighted by Gasteiger charge is -2.12. The van der Waals surface area contributed by atoms with Gasteiger partial charge in [0.2, 0.25) is 5.91 Å². The molecule has 0 radical (unpaired) electrons. The van der Waals surface area contributed by atoms with Gasteiger partial charge < -0.3 is 10.6 Å². The molecule has 6 heteroatoms. The largest absolute Gasteiger partial charge is 0.365 e. The number of anilines is 2. The number of carbonyl (C=O) groups is 1. The number of amides is 1. The van der Waals surface area contributed by atoms with E-state index in [4.69, 9.17) is 9.97 Å². The number of para-hydroxylation sites is 1. The summed E-state index contributed by atoms with van der Waals surface area (Å²) in [7, 11) is 0. The van der Waals surface area contributed by atoms with Crippen molar-refractivity contribution < 1.29 is 4.79 Å². The topological polar surface area (TPSA) is 66.9 Å². The van der Waals surface area contributed by atoms with Gasteiger partial charge in [-0.1, -0.05) is 24.3 Å². The highest BCUT2D eigenvalue weighted by Crippen LogP contribution is 2.30. The van der Waals surface area contributed by atoms with Crippen LogP contribution < -0.4 is 10.6 Å². The van der Waals surface area contributed by atoms with E-state index in [-0.39, 0.29) is 11.8 Å². The van der Waals surface area contributed by atoms with Gasteiger partial charge in [-0.15, -0.1) is 0 Å². The third-order valence-corrected chi connectivity index (χ3v) is 5.67. The van der Waals surface area contributed by atoms with Gasteiger partial charge in [-0.25, -0.2) is 9.97 Å². The normalized spacial score (nSPS) is 13.4. The van der Waals surface area contributed by atoms with E-state index in [0.29, 0.717) is 6.54 Å². The van der Waals surface area contributed by atoms with E-state index in [1.54, 1.807) is 11.3 Å². The third kappa shape index (κ3) is 3.98. The van der Waals surface area contributed by atoms with Gasteiger partial charge in [0, 0.05) is 34.5 Å². The predicted octanol–water partition coefficient (Wildman–Crippen LogP) is 5.32. The smallest absolute Gasteiger partial charge is 0.227 e. The maximum Gasteiger partial charge on any atom is 0.227 e. The number of nitrogens with one attached hydrogen (secondary N) is 2. The fraction of sp³-hybridized carbons (Fsp3) is 0.174. The summed E-state index contributed by atoms with van der Waals surface area (Å²) in [4.78, 5) is 21.5. The van der Waals surface area contributed by atoms with Crippen LogP contribution in [0.2, 0.25) is 0 Å². The van der Waals surface area contributed by atoms with Crippen molar-refractivity contribution >= 4 is 39.7 Å². The number of benzene rings is 2.